The van der Waals surface area contributed by atoms with Gasteiger partial charge in [-0.2, -0.15) is 0 Å². The van der Waals surface area contributed by atoms with Gasteiger partial charge in [0.25, 0.3) is 0 Å². The van der Waals surface area contributed by atoms with Crippen LogP contribution in [0.5, 0.6) is 0 Å². The topological polar surface area (TPSA) is 46.2 Å². The molecule has 0 saturated heterocycles. The maximum absolute atomic E-state index is 11.0. The van der Waals surface area contributed by atoms with E-state index >= 15 is 0 Å². The molecular weight excluding hydrogens is 226 g/mol. The maximum Gasteiger partial charge on any atom is 0.226 e. The lowest BCUT2D eigenvalue weighted by molar-refractivity contribution is -0.125. The molecule has 0 aromatic rings. The number of nitrogens with one attached hydrogen (secondary N) is 1. The summed E-state index contributed by atoms with van der Waals surface area (Å²) in [5.74, 6) is -0.157. The molecule has 0 spiro atoms. The molecule has 0 rings (SSSR count). The Kier molecular flexibility index (Phi) is 9.62. The molecule has 3 heteroatoms. The van der Waals surface area contributed by atoms with Gasteiger partial charge in [-0.1, -0.05) is 59.3 Å². The fourth-order valence-electron chi connectivity index (χ4n) is 1.96. The Labute approximate surface area is 112 Å². The Morgan fingerprint density at radius 1 is 0.944 bits per heavy atom. The second-order valence-electron chi connectivity index (χ2n) is 6.22. The SMILES string of the molecule is CC(C)(C)CCCCCCCCCC(=O)NC=O. The number of unbranched alkanes of at least 4 members (excludes halogenated alkanes) is 6. The normalized spacial score (nSPS) is 11.3. The van der Waals surface area contributed by atoms with Crippen molar-refractivity contribution >= 4 is 12.3 Å². The lowest BCUT2D eigenvalue weighted by atomic mass is 9.89. The summed E-state index contributed by atoms with van der Waals surface area (Å²) in [6, 6.07) is 0. The van der Waals surface area contributed by atoms with E-state index in [2.05, 4.69) is 26.1 Å². The molecule has 0 atom stereocenters. The number of hydrogen-bond acceptors (Lipinski definition) is 2. The predicted octanol–water partition coefficient (Wildman–Crippen LogP) is 3.82. The summed E-state index contributed by atoms with van der Waals surface area (Å²) in [5, 5.41) is 2.16. The fraction of sp³-hybridized carbons (Fsp3) is 0.867. The summed E-state index contributed by atoms with van der Waals surface area (Å²) in [6.45, 7) is 6.87. The maximum atomic E-state index is 11.0. The van der Waals surface area contributed by atoms with Gasteiger partial charge in [0.15, 0.2) is 0 Å². The smallest absolute Gasteiger partial charge is 0.226 e. The van der Waals surface area contributed by atoms with Crippen LogP contribution in [0.3, 0.4) is 0 Å². The Balaban J connectivity index is 3.17. The zero-order valence-electron chi connectivity index (χ0n) is 12.3. The molecular formula is C15H29NO2. The number of amides is 2. The third-order valence-corrected chi connectivity index (χ3v) is 3.05. The van der Waals surface area contributed by atoms with Gasteiger partial charge in [0, 0.05) is 6.42 Å². The lowest BCUT2D eigenvalue weighted by Gasteiger charge is -2.17. The number of carbonyl (C=O) groups excluding carboxylic acids is 2. The van der Waals surface area contributed by atoms with Crippen molar-refractivity contribution in [2.45, 2.75) is 78.6 Å². The number of carbonyl (C=O) groups is 2. The molecule has 0 aromatic carbocycles. The zero-order chi connectivity index (χ0) is 13.9. The van der Waals surface area contributed by atoms with Crippen molar-refractivity contribution in [3.8, 4) is 0 Å². The first-order chi connectivity index (χ1) is 8.45. The highest BCUT2D eigenvalue weighted by Gasteiger charge is 2.08. The number of hydrogen-bond donors (Lipinski definition) is 1. The highest BCUT2D eigenvalue weighted by molar-refractivity contribution is 5.85. The molecule has 0 aliphatic rings. The van der Waals surface area contributed by atoms with Crippen molar-refractivity contribution in [2.24, 2.45) is 5.41 Å². The van der Waals surface area contributed by atoms with Gasteiger partial charge in [-0.3, -0.25) is 14.9 Å². The first kappa shape index (κ1) is 17.1. The molecule has 0 aliphatic heterocycles. The van der Waals surface area contributed by atoms with E-state index < -0.39 is 0 Å². The van der Waals surface area contributed by atoms with Gasteiger partial charge in [0.1, 0.15) is 0 Å². The van der Waals surface area contributed by atoms with Crippen LogP contribution in [0.25, 0.3) is 0 Å². The van der Waals surface area contributed by atoms with Crippen LogP contribution in [-0.2, 0) is 9.59 Å². The molecule has 18 heavy (non-hydrogen) atoms. The van der Waals surface area contributed by atoms with E-state index in [9.17, 15) is 9.59 Å². The average Bonchev–Trinajstić information content (AvgIpc) is 2.25. The molecule has 0 aliphatic carbocycles. The molecule has 0 unspecified atom stereocenters. The van der Waals surface area contributed by atoms with Gasteiger partial charge >= 0.3 is 0 Å². The summed E-state index contributed by atoms with van der Waals surface area (Å²) in [6.07, 6.45) is 10.6. The van der Waals surface area contributed by atoms with Gasteiger partial charge in [-0.15, -0.1) is 0 Å². The van der Waals surface area contributed by atoms with E-state index in [-0.39, 0.29) is 5.91 Å². The minimum atomic E-state index is -0.157. The Bertz CT molecular complexity index is 231. The second-order valence-corrected chi connectivity index (χ2v) is 6.22. The Hall–Kier alpha value is -0.860. The van der Waals surface area contributed by atoms with Crippen LogP contribution in [0.15, 0.2) is 0 Å². The molecule has 0 bridgehead atoms. The molecule has 3 nitrogen and oxygen atoms in total. The average molecular weight is 255 g/mol. The van der Waals surface area contributed by atoms with Crippen LogP contribution in [0.2, 0.25) is 0 Å². The van der Waals surface area contributed by atoms with Crippen LogP contribution in [-0.4, -0.2) is 12.3 Å². The van der Waals surface area contributed by atoms with Gasteiger partial charge in [0.2, 0.25) is 12.3 Å². The van der Waals surface area contributed by atoms with E-state index in [1.165, 1.54) is 38.5 Å². The molecule has 0 fully saturated rings. The zero-order valence-corrected chi connectivity index (χ0v) is 12.3. The van der Waals surface area contributed by atoms with Crippen molar-refractivity contribution in [1.82, 2.24) is 5.32 Å². The summed E-state index contributed by atoms with van der Waals surface area (Å²) >= 11 is 0. The van der Waals surface area contributed by atoms with E-state index in [1.54, 1.807) is 0 Å². The monoisotopic (exact) mass is 255 g/mol. The first-order valence-electron chi connectivity index (χ1n) is 7.19. The van der Waals surface area contributed by atoms with Crippen molar-refractivity contribution in [3.05, 3.63) is 0 Å². The Morgan fingerprint density at radius 3 is 1.94 bits per heavy atom. The molecule has 0 radical (unpaired) electrons. The van der Waals surface area contributed by atoms with Gasteiger partial charge in [0.05, 0.1) is 0 Å². The summed E-state index contributed by atoms with van der Waals surface area (Å²) in [5.41, 5.74) is 0.464. The third kappa shape index (κ3) is 13.2. The quantitative estimate of drug-likeness (QED) is 0.476. The van der Waals surface area contributed by atoms with Crippen LogP contribution in [0.1, 0.15) is 78.6 Å². The fourth-order valence-corrected chi connectivity index (χ4v) is 1.96. The highest BCUT2D eigenvalue weighted by atomic mass is 16.2. The van der Waals surface area contributed by atoms with Crippen LogP contribution < -0.4 is 5.32 Å². The van der Waals surface area contributed by atoms with Gasteiger partial charge in [-0.25, -0.2) is 0 Å². The van der Waals surface area contributed by atoms with Crippen molar-refractivity contribution in [2.75, 3.05) is 0 Å². The first-order valence-corrected chi connectivity index (χ1v) is 7.19. The van der Waals surface area contributed by atoms with Crippen LogP contribution in [0.4, 0.5) is 0 Å². The number of rotatable bonds is 10. The van der Waals surface area contributed by atoms with E-state index in [0.717, 1.165) is 12.8 Å². The minimum absolute atomic E-state index is 0.157. The van der Waals surface area contributed by atoms with Crippen molar-refractivity contribution in [3.63, 3.8) is 0 Å². The van der Waals surface area contributed by atoms with Crippen molar-refractivity contribution in [1.29, 1.82) is 0 Å². The Morgan fingerprint density at radius 2 is 1.44 bits per heavy atom. The highest BCUT2D eigenvalue weighted by Crippen LogP contribution is 2.22. The molecule has 1 N–H and O–H groups in total. The molecule has 0 saturated carbocycles. The number of imide groups is 1. The lowest BCUT2D eigenvalue weighted by Crippen LogP contribution is -2.20. The third-order valence-electron chi connectivity index (χ3n) is 3.05. The molecule has 0 aromatic heterocycles. The molecule has 2 amide bonds. The van der Waals surface area contributed by atoms with E-state index in [4.69, 9.17) is 0 Å². The van der Waals surface area contributed by atoms with E-state index in [0.29, 0.717) is 18.2 Å². The van der Waals surface area contributed by atoms with Crippen molar-refractivity contribution < 1.29 is 9.59 Å². The predicted molar refractivity (Wildman–Crippen MR) is 75.2 cm³/mol. The largest absolute Gasteiger partial charge is 0.299 e. The molecule has 0 heterocycles. The summed E-state index contributed by atoms with van der Waals surface area (Å²) in [4.78, 5) is 21.0. The van der Waals surface area contributed by atoms with Crippen LogP contribution >= 0.6 is 0 Å². The molecule has 106 valence electrons. The second kappa shape index (κ2) is 10.1. The van der Waals surface area contributed by atoms with Gasteiger partial charge < -0.3 is 0 Å². The minimum Gasteiger partial charge on any atom is -0.299 e. The van der Waals surface area contributed by atoms with E-state index in [1.807, 2.05) is 0 Å². The van der Waals surface area contributed by atoms with Gasteiger partial charge in [-0.05, 0) is 18.3 Å². The summed E-state index contributed by atoms with van der Waals surface area (Å²) in [7, 11) is 0. The standard InChI is InChI=1S/C15H29NO2/c1-15(2,3)12-10-8-6-4-5-7-9-11-14(18)16-13-17/h13H,4-12H2,1-3H3,(H,16,17,18). The van der Waals surface area contributed by atoms with Crippen LogP contribution in [0, 0.1) is 5.41 Å². The summed E-state index contributed by atoms with van der Waals surface area (Å²) < 4.78 is 0.